The fourth-order valence-corrected chi connectivity index (χ4v) is 2.59. The van der Waals surface area contributed by atoms with E-state index in [1.807, 2.05) is 24.3 Å². The number of benzene rings is 2. The van der Waals surface area contributed by atoms with Gasteiger partial charge in [-0.2, -0.15) is 8.78 Å². The lowest BCUT2D eigenvalue weighted by molar-refractivity contribution is -0.168. The Kier molecular flexibility index (Phi) is 7.16. The molecule has 140 valence electrons. The first-order chi connectivity index (χ1) is 12.3. The first kappa shape index (κ1) is 20.4. The van der Waals surface area contributed by atoms with Crippen LogP contribution in [0.25, 0.3) is 0 Å². The molecule has 0 atom stereocenters. The van der Waals surface area contributed by atoms with E-state index in [1.165, 1.54) is 0 Å². The van der Waals surface area contributed by atoms with Crippen LogP contribution >= 0.6 is 15.9 Å². The molecule has 0 saturated carbocycles. The molecule has 0 fully saturated rings. The summed E-state index contributed by atoms with van der Waals surface area (Å²) in [6.45, 7) is -1.64. The van der Waals surface area contributed by atoms with Crippen LogP contribution < -0.4 is 5.32 Å². The highest BCUT2D eigenvalue weighted by Crippen LogP contribution is 2.23. The van der Waals surface area contributed by atoms with Crippen molar-refractivity contribution in [2.45, 2.75) is 25.4 Å². The van der Waals surface area contributed by atoms with Crippen LogP contribution in [-0.4, -0.2) is 24.9 Å². The fourth-order valence-electron chi connectivity index (χ4n) is 2.14. The number of halogens is 5. The van der Waals surface area contributed by atoms with E-state index in [4.69, 9.17) is 0 Å². The van der Waals surface area contributed by atoms with Gasteiger partial charge in [0.1, 0.15) is 6.61 Å². The molecule has 0 spiro atoms. The van der Waals surface area contributed by atoms with Gasteiger partial charge < -0.3 is 10.1 Å². The third kappa shape index (κ3) is 6.42. The Balaban J connectivity index is 1.89. The first-order valence-electron chi connectivity index (χ1n) is 7.63. The van der Waals surface area contributed by atoms with Crippen molar-refractivity contribution in [1.29, 1.82) is 0 Å². The topological polar surface area (TPSA) is 38.3 Å². The summed E-state index contributed by atoms with van der Waals surface area (Å²) in [5.74, 6) is -4.43. The van der Waals surface area contributed by atoms with Crippen LogP contribution in [0.15, 0.2) is 53.0 Å². The number of ether oxygens (including phenoxy) is 1. The third-order valence-electron chi connectivity index (χ3n) is 3.35. The van der Waals surface area contributed by atoms with Gasteiger partial charge in [0.15, 0.2) is 0 Å². The second-order valence-electron chi connectivity index (χ2n) is 5.61. The molecule has 2 aromatic carbocycles. The Bertz CT molecular complexity index is 755. The molecule has 0 aliphatic rings. The fraction of sp³-hybridized carbons (Fsp3) is 0.278. The molecule has 1 N–H and O–H groups in total. The van der Waals surface area contributed by atoms with Crippen molar-refractivity contribution in [3.8, 4) is 0 Å². The van der Waals surface area contributed by atoms with Crippen LogP contribution in [0.4, 0.5) is 23.2 Å². The Morgan fingerprint density at radius 2 is 1.81 bits per heavy atom. The molecular formula is C18H16BrF4NO2. The quantitative estimate of drug-likeness (QED) is 0.591. The lowest BCUT2D eigenvalue weighted by Crippen LogP contribution is -2.32. The van der Waals surface area contributed by atoms with E-state index in [1.54, 1.807) is 24.3 Å². The van der Waals surface area contributed by atoms with Gasteiger partial charge in [-0.25, -0.2) is 8.78 Å². The van der Waals surface area contributed by atoms with Gasteiger partial charge in [0.05, 0.1) is 13.0 Å². The van der Waals surface area contributed by atoms with Crippen molar-refractivity contribution < 1.29 is 27.1 Å². The van der Waals surface area contributed by atoms with Crippen molar-refractivity contribution in [3.63, 3.8) is 0 Å². The summed E-state index contributed by atoms with van der Waals surface area (Å²) < 4.78 is 55.3. The molecule has 0 bridgehead atoms. The zero-order chi connectivity index (χ0) is 19.2. The van der Waals surface area contributed by atoms with Gasteiger partial charge in [-0.3, -0.25) is 4.79 Å². The van der Waals surface area contributed by atoms with E-state index in [9.17, 15) is 22.4 Å². The molecule has 0 radical (unpaired) electrons. The van der Waals surface area contributed by atoms with Crippen LogP contribution in [0.5, 0.6) is 0 Å². The highest BCUT2D eigenvalue weighted by atomic mass is 79.9. The summed E-state index contributed by atoms with van der Waals surface area (Å²) in [6, 6.07) is 13.7. The summed E-state index contributed by atoms with van der Waals surface area (Å²) in [4.78, 5) is 12.1. The molecule has 0 saturated heterocycles. The van der Waals surface area contributed by atoms with E-state index in [-0.39, 0.29) is 18.9 Å². The minimum atomic E-state index is -4.18. The number of carbonyl (C=O) groups excluding carboxylic acids is 1. The largest absolute Gasteiger partial charge is 0.370 e. The van der Waals surface area contributed by atoms with Gasteiger partial charge in [0, 0.05) is 10.2 Å². The van der Waals surface area contributed by atoms with Crippen molar-refractivity contribution in [2.24, 2.45) is 0 Å². The summed E-state index contributed by atoms with van der Waals surface area (Å²) in [5, 5.41) is 2.70. The smallest absolute Gasteiger partial charge is 0.330 e. The van der Waals surface area contributed by atoms with Crippen LogP contribution in [0.2, 0.25) is 0 Å². The summed E-state index contributed by atoms with van der Waals surface area (Å²) in [5.41, 5.74) is 1.77. The number of alkyl halides is 4. The van der Waals surface area contributed by atoms with Gasteiger partial charge >= 0.3 is 12.3 Å². The predicted molar refractivity (Wildman–Crippen MR) is 93.5 cm³/mol. The van der Waals surface area contributed by atoms with Crippen LogP contribution in [0.1, 0.15) is 11.1 Å². The minimum absolute atomic E-state index is 0.167. The van der Waals surface area contributed by atoms with Crippen molar-refractivity contribution in [1.82, 2.24) is 0 Å². The number of anilines is 1. The Morgan fingerprint density at radius 3 is 2.50 bits per heavy atom. The van der Waals surface area contributed by atoms with E-state index in [2.05, 4.69) is 26.0 Å². The van der Waals surface area contributed by atoms with E-state index in [0.717, 1.165) is 10.0 Å². The molecule has 0 aromatic heterocycles. The standard InChI is InChI=1S/C18H16BrF4NO2/c19-14-5-1-3-12(7-14)9-16(25)24-15-6-2-4-13(8-15)10-26-11-18(22,23)17(20)21/h1-8,17H,9-11H2,(H,24,25). The summed E-state index contributed by atoms with van der Waals surface area (Å²) in [6.07, 6.45) is -3.60. The average Bonchev–Trinajstić information content (AvgIpc) is 2.54. The molecule has 2 aromatic rings. The van der Waals surface area contributed by atoms with Gasteiger partial charge in [0.2, 0.25) is 5.91 Å². The maximum atomic E-state index is 12.8. The third-order valence-corrected chi connectivity index (χ3v) is 3.84. The second-order valence-corrected chi connectivity index (χ2v) is 6.53. The molecule has 3 nitrogen and oxygen atoms in total. The first-order valence-corrected chi connectivity index (χ1v) is 8.42. The highest BCUT2D eigenvalue weighted by Gasteiger charge is 2.40. The molecule has 0 aliphatic heterocycles. The van der Waals surface area contributed by atoms with Gasteiger partial charge in [-0.1, -0.05) is 40.2 Å². The predicted octanol–water partition coefficient (Wildman–Crippen LogP) is 5.05. The minimum Gasteiger partial charge on any atom is -0.370 e. The highest BCUT2D eigenvalue weighted by molar-refractivity contribution is 9.10. The Labute approximate surface area is 156 Å². The van der Waals surface area contributed by atoms with Crippen molar-refractivity contribution in [2.75, 3.05) is 11.9 Å². The number of amides is 1. The number of hydrogen-bond donors (Lipinski definition) is 1. The van der Waals surface area contributed by atoms with Crippen LogP contribution in [0, 0.1) is 0 Å². The summed E-state index contributed by atoms with van der Waals surface area (Å²) in [7, 11) is 0. The molecule has 0 unspecified atom stereocenters. The monoisotopic (exact) mass is 433 g/mol. The normalized spacial score (nSPS) is 11.6. The van der Waals surface area contributed by atoms with Crippen molar-refractivity contribution in [3.05, 3.63) is 64.1 Å². The maximum absolute atomic E-state index is 12.8. The van der Waals surface area contributed by atoms with E-state index < -0.39 is 19.0 Å². The Morgan fingerprint density at radius 1 is 1.12 bits per heavy atom. The zero-order valence-corrected chi connectivity index (χ0v) is 15.1. The maximum Gasteiger partial charge on any atom is 0.330 e. The lowest BCUT2D eigenvalue weighted by Gasteiger charge is -2.15. The number of hydrogen-bond acceptors (Lipinski definition) is 2. The van der Waals surface area contributed by atoms with Gasteiger partial charge in [-0.15, -0.1) is 0 Å². The molecule has 0 aliphatic carbocycles. The van der Waals surface area contributed by atoms with Crippen LogP contribution in [0.3, 0.4) is 0 Å². The SMILES string of the molecule is O=C(Cc1cccc(Br)c1)Nc1cccc(COCC(F)(F)C(F)F)c1. The van der Waals surface area contributed by atoms with E-state index >= 15 is 0 Å². The Hall–Kier alpha value is -1.93. The molecule has 8 heteroatoms. The number of rotatable bonds is 8. The second kappa shape index (κ2) is 9.14. The summed E-state index contributed by atoms with van der Waals surface area (Å²) >= 11 is 3.33. The lowest BCUT2D eigenvalue weighted by atomic mass is 10.1. The van der Waals surface area contributed by atoms with Gasteiger partial charge in [-0.05, 0) is 35.4 Å². The van der Waals surface area contributed by atoms with Crippen LogP contribution in [-0.2, 0) is 22.6 Å². The number of nitrogens with one attached hydrogen (secondary N) is 1. The van der Waals surface area contributed by atoms with Gasteiger partial charge in [0.25, 0.3) is 0 Å². The van der Waals surface area contributed by atoms with E-state index in [0.29, 0.717) is 11.3 Å². The number of carbonyl (C=O) groups is 1. The molecule has 2 rings (SSSR count). The molecule has 0 heterocycles. The molecule has 26 heavy (non-hydrogen) atoms. The van der Waals surface area contributed by atoms with Crippen molar-refractivity contribution >= 4 is 27.5 Å². The molecule has 1 amide bonds. The zero-order valence-electron chi connectivity index (χ0n) is 13.5. The average molecular weight is 434 g/mol. The molecular weight excluding hydrogens is 418 g/mol.